The van der Waals surface area contributed by atoms with Gasteiger partial charge in [-0.2, -0.15) is 0 Å². The molecule has 0 unspecified atom stereocenters. The van der Waals surface area contributed by atoms with Crippen LogP contribution in [0.1, 0.15) is 25.3 Å². The summed E-state index contributed by atoms with van der Waals surface area (Å²) >= 11 is 0. The van der Waals surface area contributed by atoms with E-state index in [0.717, 1.165) is 0 Å². The molecule has 0 aliphatic heterocycles. The van der Waals surface area contributed by atoms with Crippen LogP contribution in [0.3, 0.4) is 0 Å². The van der Waals surface area contributed by atoms with Crippen LogP contribution in [0.5, 0.6) is 0 Å². The Labute approximate surface area is 130 Å². The minimum absolute atomic E-state index is 0.496. The molecule has 3 aromatic carbocycles. The molecule has 0 N–H and O–H groups in total. The highest BCUT2D eigenvalue weighted by atomic mass is 15.0. The molecule has 4 rings (SSSR count). The third-order valence-corrected chi connectivity index (χ3v) is 4.36. The summed E-state index contributed by atoms with van der Waals surface area (Å²) in [7, 11) is 0. The van der Waals surface area contributed by atoms with Gasteiger partial charge in [0, 0.05) is 16.5 Å². The zero-order valence-corrected chi connectivity index (χ0v) is 13.0. The molecule has 4 aromatic rings. The lowest BCUT2D eigenvalue weighted by Gasteiger charge is -2.13. The third kappa shape index (κ3) is 1.86. The van der Waals surface area contributed by atoms with Gasteiger partial charge >= 0.3 is 0 Å². The fourth-order valence-electron chi connectivity index (χ4n) is 3.36. The molecule has 1 aromatic heterocycles. The van der Waals surface area contributed by atoms with Crippen LogP contribution in [0.4, 0.5) is 0 Å². The molecule has 0 fully saturated rings. The van der Waals surface area contributed by atoms with E-state index in [1.807, 2.05) is 0 Å². The van der Waals surface area contributed by atoms with Crippen molar-refractivity contribution < 1.29 is 0 Å². The Morgan fingerprint density at radius 1 is 0.682 bits per heavy atom. The summed E-state index contributed by atoms with van der Waals surface area (Å²) in [5.41, 5.74) is 5.24. The summed E-state index contributed by atoms with van der Waals surface area (Å²) in [5, 5.41) is 2.66. The van der Waals surface area contributed by atoms with Crippen molar-refractivity contribution in [1.29, 1.82) is 0 Å². The lowest BCUT2D eigenvalue weighted by atomic mass is 10.00. The van der Waals surface area contributed by atoms with Crippen LogP contribution in [0, 0.1) is 0 Å². The average Bonchev–Trinajstić information content (AvgIpc) is 2.90. The van der Waals surface area contributed by atoms with Crippen LogP contribution in [0.25, 0.3) is 27.5 Å². The molecule has 0 bridgehead atoms. The first-order valence-electron chi connectivity index (χ1n) is 7.85. The van der Waals surface area contributed by atoms with Crippen molar-refractivity contribution in [2.75, 3.05) is 0 Å². The first-order valence-corrected chi connectivity index (χ1v) is 7.85. The number of rotatable bonds is 2. The maximum Gasteiger partial charge on any atom is 0.0575 e. The molecule has 1 heteroatoms. The molecule has 0 saturated carbocycles. The van der Waals surface area contributed by atoms with E-state index in [1.54, 1.807) is 0 Å². The normalized spacial score (nSPS) is 11.6. The van der Waals surface area contributed by atoms with E-state index in [4.69, 9.17) is 0 Å². The molecular formula is C21H19N. The van der Waals surface area contributed by atoms with Crippen molar-refractivity contribution in [3.05, 3.63) is 78.4 Å². The summed E-state index contributed by atoms with van der Waals surface area (Å²) in [6, 6.07) is 26.0. The monoisotopic (exact) mass is 285 g/mol. The van der Waals surface area contributed by atoms with Gasteiger partial charge in [0.2, 0.25) is 0 Å². The molecule has 0 spiro atoms. The number of hydrogen-bond acceptors (Lipinski definition) is 0. The SMILES string of the molecule is CC(C)c1cccc2c3ccccc3n(-c3ccccc3)c12. The molecule has 0 aliphatic carbocycles. The van der Waals surface area contributed by atoms with Crippen LogP contribution < -0.4 is 0 Å². The van der Waals surface area contributed by atoms with Crippen molar-refractivity contribution >= 4 is 21.8 Å². The molecule has 1 heterocycles. The molecular weight excluding hydrogens is 266 g/mol. The number of hydrogen-bond donors (Lipinski definition) is 0. The molecule has 0 amide bonds. The molecule has 0 atom stereocenters. The summed E-state index contributed by atoms with van der Waals surface area (Å²) < 4.78 is 2.40. The van der Waals surface area contributed by atoms with Gasteiger partial charge in [-0.1, -0.05) is 68.4 Å². The number of nitrogens with zero attached hydrogens (tertiary/aromatic N) is 1. The molecule has 1 nitrogen and oxygen atoms in total. The molecule has 108 valence electrons. The van der Waals surface area contributed by atoms with Crippen molar-refractivity contribution in [2.24, 2.45) is 0 Å². The molecule has 0 aliphatic rings. The van der Waals surface area contributed by atoms with Gasteiger partial charge in [-0.25, -0.2) is 0 Å². The van der Waals surface area contributed by atoms with Crippen molar-refractivity contribution in [2.45, 2.75) is 19.8 Å². The smallest absolute Gasteiger partial charge is 0.0575 e. The van der Waals surface area contributed by atoms with Gasteiger partial charge in [0.15, 0.2) is 0 Å². The summed E-state index contributed by atoms with van der Waals surface area (Å²) in [4.78, 5) is 0. The van der Waals surface area contributed by atoms with Gasteiger partial charge in [0.05, 0.1) is 11.0 Å². The van der Waals surface area contributed by atoms with E-state index in [1.165, 1.54) is 33.1 Å². The first kappa shape index (κ1) is 13.1. The number of benzene rings is 3. The van der Waals surface area contributed by atoms with Crippen LogP contribution in [-0.2, 0) is 0 Å². The van der Waals surface area contributed by atoms with Crippen LogP contribution in [-0.4, -0.2) is 4.57 Å². The standard InChI is InChI=1S/C21H19N/c1-15(2)17-12-8-13-19-18-11-6-7-14-20(18)22(21(17)19)16-9-4-3-5-10-16/h3-15H,1-2H3. The lowest BCUT2D eigenvalue weighted by molar-refractivity contribution is 0.869. The summed E-state index contributed by atoms with van der Waals surface area (Å²) in [5.74, 6) is 0.496. The maximum absolute atomic E-state index is 2.40. The minimum atomic E-state index is 0.496. The fourth-order valence-corrected chi connectivity index (χ4v) is 3.36. The Hall–Kier alpha value is -2.54. The quantitative estimate of drug-likeness (QED) is 0.431. The number of aromatic nitrogens is 1. The maximum atomic E-state index is 2.40. The average molecular weight is 285 g/mol. The van der Waals surface area contributed by atoms with Gasteiger partial charge in [0.1, 0.15) is 0 Å². The van der Waals surface area contributed by atoms with E-state index in [-0.39, 0.29) is 0 Å². The number of para-hydroxylation sites is 3. The second-order valence-corrected chi connectivity index (χ2v) is 6.09. The lowest BCUT2D eigenvalue weighted by Crippen LogP contribution is -1.97. The van der Waals surface area contributed by atoms with Crippen molar-refractivity contribution in [1.82, 2.24) is 4.57 Å². The van der Waals surface area contributed by atoms with E-state index in [9.17, 15) is 0 Å². The van der Waals surface area contributed by atoms with E-state index in [0.29, 0.717) is 5.92 Å². The van der Waals surface area contributed by atoms with Gasteiger partial charge in [0.25, 0.3) is 0 Å². The van der Waals surface area contributed by atoms with Crippen molar-refractivity contribution in [3.63, 3.8) is 0 Å². The largest absolute Gasteiger partial charge is 0.309 e. The van der Waals surface area contributed by atoms with E-state index < -0.39 is 0 Å². The highest BCUT2D eigenvalue weighted by molar-refractivity contribution is 6.10. The van der Waals surface area contributed by atoms with Crippen LogP contribution >= 0.6 is 0 Å². The Bertz CT molecular complexity index is 946. The van der Waals surface area contributed by atoms with E-state index in [2.05, 4.69) is 91.2 Å². The Balaban J connectivity index is 2.25. The minimum Gasteiger partial charge on any atom is -0.309 e. The Morgan fingerprint density at radius 2 is 1.36 bits per heavy atom. The highest BCUT2D eigenvalue weighted by Gasteiger charge is 2.15. The molecule has 22 heavy (non-hydrogen) atoms. The van der Waals surface area contributed by atoms with Gasteiger partial charge in [-0.15, -0.1) is 0 Å². The zero-order valence-electron chi connectivity index (χ0n) is 13.0. The fraction of sp³-hybridized carbons (Fsp3) is 0.143. The topological polar surface area (TPSA) is 4.93 Å². The second-order valence-electron chi connectivity index (χ2n) is 6.09. The highest BCUT2D eigenvalue weighted by Crippen LogP contribution is 2.36. The molecule has 0 saturated heterocycles. The van der Waals surface area contributed by atoms with Gasteiger partial charge < -0.3 is 4.57 Å². The Morgan fingerprint density at radius 3 is 2.14 bits per heavy atom. The summed E-state index contributed by atoms with van der Waals surface area (Å²) in [6.45, 7) is 4.53. The zero-order chi connectivity index (χ0) is 15.1. The number of fused-ring (bicyclic) bond motifs is 3. The summed E-state index contributed by atoms with van der Waals surface area (Å²) in [6.07, 6.45) is 0. The van der Waals surface area contributed by atoms with Crippen molar-refractivity contribution in [3.8, 4) is 5.69 Å². The predicted molar refractivity (Wildman–Crippen MR) is 94.9 cm³/mol. The molecule has 0 radical (unpaired) electrons. The Kier molecular flexibility index (Phi) is 3.00. The van der Waals surface area contributed by atoms with Gasteiger partial charge in [-0.3, -0.25) is 0 Å². The third-order valence-electron chi connectivity index (χ3n) is 4.36. The van der Waals surface area contributed by atoms with Gasteiger partial charge in [-0.05, 0) is 29.7 Å². The van der Waals surface area contributed by atoms with Crippen LogP contribution in [0.2, 0.25) is 0 Å². The second kappa shape index (κ2) is 5.03. The van der Waals surface area contributed by atoms with E-state index >= 15 is 0 Å². The predicted octanol–water partition coefficient (Wildman–Crippen LogP) is 5.91. The first-order chi connectivity index (χ1) is 10.8. The van der Waals surface area contributed by atoms with Crippen LogP contribution in [0.15, 0.2) is 72.8 Å².